The van der Waals surface area contributed by atoms with E-state index in [0.29, 0.717) is 17.4 Å². The Morgan fingerprint density at radius 1 is 1.00 bits per heavy atom. The molecule has 2 N–H and O–H groups in total. The zero-order valence-corrected chi connectivity index (χ0v) is 15.8. The van der Waals surface area contributed by atoms with Crippen molar-refractivity contribution < 1.29 is 8.42 Å². The molecule has 0 radical (unpaired) electrons. The second-order valence-corrected chi connectivity index (χ2v) is 8.06. The van der Waals surface area contributed by atoms with E-state index in [1.54, 1.807) is 12.1 Å². The molecule has 0 amide bonds. The molecule has 6 heteroatoms. The normalized spacial score (nSPS) is 17.7. The second kappa shape index (κ2) is 9.34. The van der Waals surface area contributed by atoms with Crippen LogP contribution in [-0.4, -0.2) is 28.1 Å². The van der Waals surface area contributed by atoms with Gasteiger partial charge in [0.15, 0.2) is 0 Å². The number of halogens is 1. The third-order valence-electron chi connectivity index (χ3n) is 4.52. The van der Waals surface area contributed by atoms with Crippen molar-refractivity contribution in [2.24, 2.45) is 5.92 Å². The van der Waals surface area contributed by atoms with Gasteiger partial charge in [0.2, 0.25) is 10.0 Å². The molecular weight excluding hydrogens is 356 g/mol. The minimum Gasteiger partial charge on any atom is -0.316 e. The molecule has 1 saturated heterocycles. The molecule has 0 aliphatic carbocycles. The topological polar surface area (TPSA) is 58.2 Å². The van der Waals surface area contributed by atoms with Crippen molar-refractivity contribution in [2.45, 2.75) is 24.2 Å². The van der Waals surface area contributed by atoms with Crippen LogP contribution in [0.25, 0.3) is 11.1 Å². The van der Waals surface area contributed by atoms with Crippen LogP contribution >= 0.6 is 12.4 Å². The zero-order chi connectivity index (χ0) is 16.8. The van der Waals surface area contributed by atoms with Crippen molar-refractivity contribution in [2.75, 3.05) is 19.6 Å². The first-order valence-electron chi connectivity index (χ1n) is 8.51. The van der Waals surface area contributed by atoms with E-state index in [1.165, 1.54) is 12.8 Å². The van der Waals surface area contributed by atoms with Crippen molar-refractivity contribution >= 4 is 22.4 Å². The van der Waals surface area contributed by atoms with Crippen LogP contribution in [0, 0.1) is 5.92 Å². The smallest absolute Gasteiger partial charge is 0.240 e. The van der Waals surface area contributed by atoms with Gasteiger partial charge in [-0.05, 0) is 61.5 Å². The highest BCUT2D eigenvalue weighted by atomic mass is 35.5. The fourth-order valence-electron chi connectivity index (χ4n) is 3.11. The summed E-state index contributed by atoms with van der Waals surface area (Å²) in [4.78, 5) is 0.323. The van der Waals surface area contributed by atoms with Gasteiger partial charge in [-0.25, -0.2) is 13.1 Å². The molecule has 0 aromatic heterocycles. The van der Waals surface area contributed by atoms with E-state index in [1.807, 2.05) is 42.5 Å². The van der Waals surface area contributed by atoms with Gasteiger partial charge in [-0.3, -0.25) is 0 Å². The maximum atomic E-state index is 12.4. The zero-order valence-electron chi connectivity index (χ0n) is 14.1. The standard InChI is InChI=1S/C19H24N2O2S.ClH/c22-24(23,21-14-12-16-5-4-13-20-15-16)19-10-8-18(9-11-19)17-6-2-1-3-7-17;/h1-3,6-11,16,20-21H,4-5,12-15H2;1H. The summed E-state index contributed by atoms with van der Waals surface area (Å²) in [6.45, 7) is 2.57. The second-order valence-electron chi connectivity index (χ2n) is 6.29. The summed E-state index contributed by atoms with van der Waals surface area (Å²) in [7, 11) is -3.43. The quantitative estimate of drug-likeness (QED) is 0.807. The lowest BCUT2D eigenvalue weighted by molar-refractivity contribution is 0.358. The number of hydrogen-bond acceptors (Lipinski definition) is 3. The highest BCUT2D eigenvalue weighted by Crippen LogP contribution is 2.21. The Morgan fingerprint density at radius 3 is 2.32 bits per heavy atom. The summed E-state index contributed by atoms with van der Waals surface area (Å²) in [5, 5.41) is 3.36. The molecule has 25 heavy (non-hydrogen) atoms. The van der Waals surface area contributed by atoms with Gasteiger partial charge >= 0.3 is 0 Å². The molecule has 4 nitrogen and oxygen atoms in total. The lowest BCUT2D eigenvalue weighted by Gasteiger charge is -2.22. The Kier molecular flexibility index (Phi) is 7.44. The summed E-state index contributed by atoms with van der Waals surface area (Å²) >= 11 is 0. The average molecular weight is 381 g/mol. The lowest BCUT2D eigenvalue weighted by atomic mass is 9.96. The molecule has 1 unspecified atom stereocenters. The molecule has 2 aromatic carbocycles. The first kappa shape index (κ1) is 19.9. The molecule has 136 valence electrons. The fraction of sp³-hybridized carbons (Fsp3) is 0.368. The van der Waals surface area contributed by atoms with E-state index in [2.05, 4.69) is 10.0 Å². The molecule has 1 heterocycles. The highest BCUT2D eigenvalue weighted by molar-refractivity contribution is 7.89. The van der Waals surface area contributed by atoms with Gasteiger partial charge < -0.3 is 5.32 Å². The molecule has 1 fully saturated rings. The number of piperidine rings is 1. The highest BCUT2D eigenvalue weighted by Gasteiger charge is 2.16. The Morgan fingerprint density at radius 2 is 1.68 bits per heavy atom. The molecular formula is C19H25ClN2O2S. The molecule has 1 atom stereocenters. The van der Waals surface area contributed by atoms with Gasteiger partial charge in [0.05, 0.1) is 4.90 Å². The van der Waals surface area contributed by atoms with E-state index >= 15 is 0 Å². The van der Waals surface area contributed by atoms with Crippen LogP contribution in [-0.2, 0) is 10.0 Å². The number of nitrogens with one attached hydrogen (secondary N) is 2. The Balaban J connectivity index is 0.00000225. The summed E-state index contributed by atoms with van der Waals surface area (Å²) in [6, 6.07) is 17.0. The van der Waals surface area contributed by atoms with E-state index in [0.717, 1.165) is 30.6 Å². The molecule has 3 rings (SSSR count). The number of rotatable bonds is 6. The van der Waals surface area contributed by atoms with Crippen LogP contribution in [0.4, 0.5) is 0 Å². The molecule has 1 aliphatic heterocycles. The monoisotopic (exact) mass is 380 g/mol. The largest absolute Gasteiger partial charge is 0.316 e. The minimum atomic E-state index is -3.43. The molecule has 0 saturated carbocycles. The Hall–Kier alpha value is -1.40. The van der Waals surface area contributed by atoms with Gasteiger partial charge in [0, 0.05) is 6.54 Å². The maximum absolute atomic E-state index is 12.4. The third kappa shape index (κ3) is 5.54. The maximum Gasteiger partial charge on any atom is 0.240 e. The van der Waals surface area contributed by atoms with Crippen LogP contribution in [0.2, 0.25) is 0 Å². The SMILES string of the molecule is Cl.O=S(=O)(NCCC1CCCNC1)c1ccc(-c2ccccc2)cc1. The minimum absolute atomic E-state index is 0. The summed E-state index contributed by atoms with van der Waals surface area (Å²) in [5.74, 6) is 0.571. The van der Waals surface area contributed by atoms with Crippen LogP contribution in [0.5, 0.6) is 0 Å². The van der Waals surface area contributed by atoms with Gasteiger partial charge in [0.25, 0.3) is 0 Å². The fourth-order valence-corrected chi connectivity index (χ4v) is 4.16. The van der Waals surface area contributed by atoms with Gasteiger partial charge in [-0.15, -0.1) is 12.4 Å². The Bertz CT molecular complexity index is 743. The number of hydrogen-bond donors (Lipinski definition) is 2. The van der Waals surface area contributed by atoms with Gasteiger partial charge in [0.1, 0.15) is 0 Å². The van der Waals surface area contributed by atoms with E-state index in [-0.39, 0.29) is 12.4 Å². The summed E-state index contributed by atoms with van der Waals surface area (Å²) in [6.07, 6.45) is 3.24. The average Bonchev–Trinajstić information content (AvgIpc) is 2.63. The Labute approximate surface area is 156 Å². The predicted octanol–water partition coefficient (Wildman–Crippen LogP) is 3.44. The first-order valence-corrected chi connectivity index (χ1v) is 9.99. The van der Waals surface area contributed by atoms with Gasteiger partial charge in [-0.2, -0.15) is 0 Å². The van der Waals surface area contributed by atoms with E-state index in [4.69, 9.17) is 0 Å². The molecule has 1 aliphatic rings. The van der Waals surface area contributed by atoms with E-state index < -0.39 is 10.0 Å². The van der Waals surface area contributed by atoms with E-state index in [9.17, 15) is 8.42 Å². The van der Waals surface area contributed by atoms with Crippen molar-refractivity contribution in [3.63, 3.8) is 0 Å². The van der Waals surface area contributed by atoms with Crippen molar-refractivity contribution in [3.05, 3.63) is 54.6 Å². The third-order valence-corrected chi connectivity index (χ3v) is 5.99. The molecule has 0 spiro atoms. The predicted molar refractivity (Wildman–Crippen MR) is 105 cm³/mol. The number of benzene rings is 2. The van der Waals surface area contributed by atoms with Crippen LogP contribution in [0.1, 0.15) is 19.3 Å². The van der Waals surface area contributed by atoms with Crippen molar-refractivity contribution in [1.29, 1.82) is 0 Å². The summed E-state index contributed by atoms with van der Waals surface area (Å²) < 4.78 is 27.5. The molecule has 2 aromatic rings. The van der Waals surface area contributed by atoms with Crippen molar-refractivity contribution in [3.8, 4) is 11.1 Å². The number of sulfonamides is 1. The van der Waals surface area contributed by atoms with Gasteiger partial charge in [-0.1, -0.05) is 42.5 Å². The van der Waals surface area contributed by atoms with Crippen LogP contribution in [0.15, 0.2) is 59.5 Å². The van der Waals surface area contributed by atoms with Crippen molar-refractivity contribution in [1.82, 2.24) is 10.0 Å². The lowest BCUT2D eigenvalue weighted by Crippen LogP contribution is -2.33. The summed E-state index contributed by atoms with van der Waals surface area (Å²) in [5.41, 5.74) is 2.10. The first-order chi connectivity index (χ1) is 11.6. The van der Waals surface area contributed by atoms with Crippen LogP contribution in [0.3, 0.4) is 0 Å². The molecule has 0 bridgehead atoms. The van der Waals surface area contributed by atoms with Crippen LogP contribution < -0.4 is 10.0 Å².